The second-order valence-corrected chi connectivity index (χ2v) is 8.11. The molecule has 0 spiro atoms. The summed E-state index contributed by atoms with van der Waals surface area (Å²) < 4.78 is 31.5. The van der Waals surface area contributed by atoms with E-state index in [4.69, 9.17) is 4.74 Å². The lowest BCUT2D eigenvalue weighted by Gasteiger charge is -2.32. The average molecular weight is 401 g/mol. The smallest absolute Gasteiger partial charge is 0.304 e. The predicted octanol–water partition coefficient (Wildman–Crippen LogP) is 2.61. The number of benzene rings is 2. The molecule has 1 N–H and O–H groups in total. The number of carbonyl (C=O) groups excluding carboxylic acids is 1. The number of sulfonamides is 1. The lowest BCUT2D eigenvalue weighted by Crippen LogP contribution is -2.42. The molecule has 28 heavy (non-hydrogen) atoms. The molecular formula is C20H19NO6S. The fourth-order valence-corrected chi connectivity index (χ4v) is 4.49. The molecule has 1 aliphatic rings. The van der Waals surface area contributed by atoms with Crippen molar-refractivity contribution < 1.29 is 27.9 Å². The maximum Gasteiger partial charge on any atom is 0.304 e. The lowest BCUT2D eigenvalue weighted by atomic mass is 9.82. The second-order valence-electron chi connectivity index (χ2n) is 6.30. The van der Waals surface area contributed by atoms with Gasteiger partial charge in [0.1, 0.15) is 5.75 Å². The first kappa shape index (κ1) is 19.6. The van der Waals surface area contributed by atoms with Crippen LogP contribution in [0.5, 0.6) is 5.75 Å². The van der Waals surface area contributed by atoms with Gasteiger partial charge in [-0.2, -0.15) is 0 Å². The van der Waals surface area contributed by atoms with Crippen molar-refractivity contribution >= 4 is 21.9 Å². The van der Waals surface area contributed by atoms with Crippen molar-refractivity contribution in [3.05, 3.63) is 72.4 Å². The third-order valence-electron chi connectivity index (χ3n) is 4.59. The summed E-state index contributed by atoms with van der Waals surface area (Å²) in [5.41, 5.74) is 0.750. The topological polar surface area (TPSA) is 101 Å². The molecular weight excluding hydrogens is 382 g/mol. The van der Waals surface area contributed by atoms with E-state index in [9.17, 15) is 23.1 Å². The molecule has 1 heterocycles. The highest BCUT2D eigenvalue weighted by Crippen LogP contribution is 2.36. The lowest BCUT2D eigenvalue weighted by molar-refractivity contribution is -0.142. The molecule has 0 aromatic heterocycles. The summed E-state index contributed by atoms with van der Waals surface area (Å²) >= 11 is 0. The fraction of sp³-hybridized carbons (Fsp3) is 0.200. The van der Waals surface area contributed by atoms with Crippen molar-refractivity contribution in [2.75, 3.05) is 7.11 Å². The summed E-state index contributed by atoms with van der Waals surface area (Å²) in [4.78, 5) is 24.2. The van der Waals surface area contributed by atoms with Gasteiger partial charge in [-0.25, -0.2) is 12.7 Å². The van der Waals surface area contributed by atoms with E-state index in [0.29, 0.717) is 10.1 Å². The molecule has 2 aromatic carbocycles. The number of hydrogen-bond acceptors (Lipinski definition) is 5. The third kappa shape index (κ3) is 3.77. The van der Waals surface area contributed by atoms with Gasteiger partial charge < -0.3 is 9.84 Å². The molecule has 0 radical (unpaired) electrons. The largest absolute Gasteiger partial charge is 0.497 e. The van der Waals surface area contributed by atoms with Crippen molar-refractivity contribution in [1.29, 1.82) is 0 Å². The van der Waals surface area contributed by atoms with E-state index >= 15 is 0 Å². The molecule has 0 aliphatic carbocycles. The molecule has 8 heteroatoms. The Morgan fingerprint density at radius 2 is 1.75 bits per heavy atom. The van der Waals surface area contributed by atoms with Crippen LogP contribution in [0.25, 0.3) is 0 Å². The van der Waals surface area contributed by atoms with Crippen molar-refractivity contribution in [3.63, 3.8) is 0 Å². The summed E-state index contributed by atoms with van der Waals surface area (Å²) in [5, 5.41) is 9.25. The van der Waals surface area contributed by atoms with Gasteiger partial charge >= 0.3 is 5.97 Å². The van der Waals surface area contributed by atoms with E-state index in [0.717, 1.165) is 5.56 Å². The number of carbonyl (C=O) groups is 2. The van der Waals surface area contributed by atoms with Crippen LogP contribution in [0.3, 0.4) is 0 Å². The van der Waals surface area contributed by atoms with Gasteiger partial charge in [0, 0.05) is 12.1 Å². The van der Waals surface area contributed by atoms with Gasteiger partial charge in [0.05, 0.1) is 24.3 Å². The zero-order valence-electron chi connectivity index (χ0n) is 15.1. The third-order valence-corrected chi connectivity index (χ3v) is 6.28. The van der Waals surface area contributed by atoms with Gasteiger partial charge in [-0.3, -0.25) is 9.59 Å². The first-order chi connectivity index (χ1) is 13.3. The van der Waals surface area contributed by atoms with Crippen molar-refractivity contribution in [2.45, 2.75) is 17.2 Å². The zero-order valence-corrected chi connectivity index (χ0v) is 15.9. The fourth-order valence-electron chi connectivity index (χ4n) is 3.18. The van der Waals surface area contributed by atoms with Crippen molar-refractivity contribution in [1.82, 2.24) is 4.31 Å². The minimum Gasteiger partial charge on any atom is -0.497 e. The number of methoxy groups -OCH3 is 1. The van der Waals surface area contributed by atoms with Gasteiger partial charge in [0.15, 0.2) is 0 Å². The second kappa shape index (κ2) is 7.85. The minimum atomic E-state index is -4.16. The number of amides is 1. The van der Waals surface area contributed by atoms with Crippen LogP contribution in [0.15, 0.2) is 71.8 Å². The molecule has 0 bridgehead atoms. The molecule has 2 aromatic rings. The van der Waals surface area contributed by atoms with Crippen LogP contribution < -0.4 is 4.74 Å². The number of hydrogen-bond donors (Lipinski definition) is 1. The van der Waals surface area contributed by atoms with Crippen molar-refractivity contribution in [3.8, 4) is 5.75 Å². The van der Waals surface area contributed by atoms with Crippen LogP contribution in [-0.2, 0) is 19.6 Å². The van der Waals surface area contributed by atoms with Crippen LogP contribution >= 0.6 is 0 Å². The highest BCUT2D eigenvalue weighted by atomic mass is 32.2. The molecule has 1 aliphatic heterocycles. The maximum atomic E-state index is 13.0. The highest BCUT2D eigenvalue weighted by Gasteiger charge is 2.40. The Hall–Kier alpha value is -3.13. The first-order valence-electron chi connectivity index (χ1n) is 8.52. The summed E-state index contributed by atoms with van der Waals surface area (Å²) in [6.45, 7) is 0. The van der Waals surface area contributed by atoms with E-state index in [1.165, 1.54) is 37.6 Å². The number of rotatable bonds is 6. The predicted molar refractivity (Wildman–Crippen MR) is 101 cm³/mol. The molecule has 0 saturated carbocycles. The standard InChI is InChI=1S/C20H19NO6S/c1-27-15-7-9-16(10-8-15)28(25,26)21-12-11-17(14-5-3-2-4-6-14)18(20(21)24)13-19(22)23/h2-12,17-18H,13H2,1H3,(H,22,23)/t17-,18+/m1/s1. The van der Waals surface area contributed by atoms with Crippen LogP contribution in [0.2, 0.25) is 0 Å². The van der Waals surface area contributed by atoms with Gasteiger partial charge in [-0.05, 0) is 29.8 Å². The van der Waals surface area contributed by atoms with E-state index in [-0.39, 0.29) is 4.90 Å². The summed E-state index contributed by atoms with van der Waals surface area (Å²) in [6, 6.07) is 14.6. The molecule has 7 nitrogen and oxygen atoms in total. The average Bonchev–Trinajstić information content (AvgIpc) is 2.69. The molecule has 0 saturated heterocycles. The van der Waals surface area contributed by atoms with Crippen LogP contribution in [0.4, 0.5) is 0 Å². The summed E-state index contributed by atoms with van der Waals surface area (Å²) in [7, 11) is -2.70. The van der Waals surface area contributed by atoms with Gasteiger partial charge in [-0.1, -0.05) is 36.4 Å². The molecule has 0 unspecified atom stereocenters. The molecule has 0 fully saturated rings. The quantitative estimate of drug-likeness (QED) is 0.799. The monoisotopic (exact) mass is 401 g/mol. The van der Waals surface area contributed by atoms with Gasteiger partial charge in [-0.15, -0.1) is 0 Å². The summed E-state index contributed by atoms with van der Waals surface area (Å²) in [6.07, 6.45) is 2.29. The molecule has 1 amide bonds. The van der Waals surface area contributed by atoms with Crippen LogP contribution in [-0.4, -0.2) is 36.8 Å². The summed E-state index contributed by atoms with van der Waals surface area (Å²) in [5.74, 6) is -3.01. The van der Waals surface area contributed by atoms with E-state index in [1.54, 1.807) is 30.3 Å². The normalized spacial score (nSPS) is 19.5. The Kier molecular flexibility index (Phi) is 5.51. The van der Waals surface area contributed by atoms with E-state index < -0.39 is 40.2 Å². The van der Waals surface area contributed by atoms with E-state index in [2.05, 4.69) is 0 Å². The number of aliphatic carboxylic acids is 1. The van der Waals surface area contributed by atoms with E-state index in [1.807, 2.05) is 6.07 Å². The molecule has 3 rings (SSSR count). The van der Waals surface area contributed by atoms with Gasteiger partial charge in [0.2, 0.25) is 5.91 Å². The van der Waals surface area contributed by atoms with Crippen molar-refractivity contribution in [2.24, 2.45) is 5.92 Å². The van der Waals surface area contributed by atoms with Crippen LogP contribution in [0.1, 0.15) is 17.9 Å². The molecule has 146 valence electrons. The highest BCUT2D eigenvalue weighted by molar-refractivity contribution is 7.89. The Labute approximate surface area is 162 Å². The Morgan fingerprint density at radius 1 is 1.11 bits per heavy atom. The molecule has 2 atom stereocenters. The maximum absolute atomic E-state index is 13.0. The van der Waals surface area contributed by atoms with Gasteiger partial charge in [0.25, 0.3) is 10.0 Å². The van der Waals surface area contributed by atoms with Crippen LogP contribution in [0, 0.1) is 5.92 Å². The number of allylic oxidation sites excluding steroid dienone is 1. The number of nitrogens with zero attached hydrogens (tertiary/aromatic N) is 1. The number of carboxylic acids is 1. The first-order valence-corrected chi connectivity index (χ1v) is 9.96. The SMILES string of the molecule is COc1ccc(S(=O)(=O)N2C=C[C@H](c3ccccc3)[C@H](CC(=O)O)C2=O)cc1. The Bertz CT molecular complexity index is 999. The zero-order chi connectivity index (χ0) is 20.3. The number of carboxylic acid groups (broad SMARTS) is 1. The Morgan fingerprint density at radius 3 is 2.32 bits per heavy atom. The number of ether oxygens (including phenoxy) is 1. The minimum absolute atomic E-state index is 0.0847. The Balaban J connectivity index is 2.00.